The van der Waals surface area contributed by atoms with Crippen LogP contribution in [0.15, 0.2) is 64.6 Å². The summed E-state index contributed by atoms with van der Waals surface area (Å²) in [6.45, 7) is 1.10. The van der Waals surface area contributed by atoms with Crippen molar-refractivity contribution >= 4 is 38.0 Å². The zero-order valence-corrected chi connectivity index (χ0v) is 19.7. The van der Waals surface area contributed by atoms with Crippen LogP contribution in [0, 0.1) is 11.6 Å². The van der Waals surface area contributed by atoms with Crippen LogP contribution in [-0.2, 0) is 10.0 Å². The molecule has 0 radical (unpaired) electrons. The second-order valence-corrected chi connectivity index (χ2v) is 10.4. The summed E-state index contributed by atoms with van der Waals surface area (Å²) in [6, 6.07) is 10.9. The highest BCUT2D eigenvalue weighted by molar-refractivity contribution is 7.89. The van der Waals surface area contributed by atoms with Crippen LogP contribution < -0.4 is 5.32 Å². The second-order valence-electron chi connectivity index (χ2n) is 7.30. The number of carbonyl (C=O) groups is 1. The Kier molecular flexibility index (Phi) is 7.77. The van der Waals surface area contributed by atoms with Gasteiger partial charge in [-0.05, 0) is 55.0 Å². The molecule has 0 aliphatic rings. The minimum absolute atomic E-state index is 0.0459. The number of nitrogens with zero attached hydrogens (tertiary/aromatic N) is 2. The number of hydrogen-bond donors (Lipinski definition) is 3. The maximum absolute atomic E-state index is 13.3. The summed E-state index contributed by atoms with van der Waals surface area (Å²) in [5, 5.41) is 25.1. The van der Waals surface area contributed by atoms with E-state index in [-0.39, 0.29) is 32.6 Å². The fraction of sp³-hybridized carbons (Fsp3) is 0.182. The van der Waals surface area contributed by atoms with E-state index >= 15 is 0 Å². The summed E-state index contributed by atoms with van der Waals surface area (Å²) in [6.07, 6.45) is -1.24. The van der Waals surface area contributed by atoms with Crippen molar-refractivity contribution in [3.8, 4) is 0 Å². The number of hydrogen-bond acceptors (Lipinski definition) is 7. The molecular weight excluding hydrogens is 488 g/mol. The van der Waals surface area contributed by atoms with Crippen molar-refractivity contribution < 1.29 is 32.3 Å². The van der Waals surface area contributed by atoms with E-state index in [1.165, 1.54) is 44.3 Å². The van der Waals surface area contributed by atoms with Gasteiger partial charge in [-0.1, -0.05) is 17.3 Å². The van der Waals surface area contributed by atoms with E-state index < -0.39 is 33.7 Å². The van der Waals surface area contributed by atoms with Crippen molar-refractivity contribution in [2.75, 3.05) is 18.9 Å². The Balaban J connectivity index is 1.92. The molecule has 1 aromatic heterocycles. The highest BCUT2D eigenvalue weighted by Crippen LogP contribution is 2.35. The van der Waals surface area contributed by atoms with Gasteiger partial charge in [-0.2, -0.15) is 4.31 Å². The molecule has 12 heteroatoms. The predicted octanol–water partition coefficient (Wildman–Crippen LogP) is 3.83. The van der Waals surface area contributed by atoms with Crippen LogP contribution in [-0.4, -0.2) is 48.2 Å². The number of thiophene rings is 1. The van der Waals surface area contributed by atoms with E-state index in [1.54, 1.807) is 0 Å². The summed E-state index contributed by atoms with van der Waals surface area (Å²) in [4.78, 5) is 12.6. The third-order valence-electron chi connectivity index (χ3n) is 4.91. The van der Waals surface area contributed by atoms with Crippen molar-refractivity contribution in [2.45, 2.75) is 17.9 Å². The molecule has 0 saturated carbocycles. The molecule has 180 valence electrons. The monoisotopic (exact) mass is 509 g/mol. The van der Waals surface area contributed by atoms with Gasteiger partial charge in [0.25, 0.3) is 5.91 Å². The molecule has 0 aliphatic carbocycles. The first-order valence-electron chi connectivity index (χ1n) is 9.82. The van der Waals surface area contributed by atoms with Crippen LogP contribution in [0.5, 0.6) is 0 Å². The normalized spacial score (nSPS) is 13.2. The maximum Gasteiger partial charge on any atom is 0.256 e. The Morgan fingerprint density at radius 3 is 2.24 bits per heavy atom. The Morgan fingerprint density at radius 2 is 1.68 bits per heavy atom. The van der Waals surface area contributed by atoms with Crippen molar-refractivity contribution in [3.05, 3.63) is 82.2 Å². The lowest BCUT2D eigenvalue weighted by molar-refractivity contribution is 0.102. The molecule has 1 heterocycles. The third-order valence-corrected chi connectivity index (χ3v) is 8.05. The Bertz CT molecular complexity index is 1310. The largest absolute Gasteiger partial charge is 0.411 e. The van der Waals surface area contributed by atoms with Gasteiger partial charge in [0.1, 0.15) is 21.5 Å². The summed E-state index contributed by atoms with van der Waals surface area (Å²) >= 11 is 0.873. The van der Waals surface area contributed by atoms with Crippen molar-refractivity contribution in [3.63, 3.8) is 0 Å². The molecule has 3 aromatic rings. The highest BCUT2D eigenvalue weighted by atomic mass is 32.2. The lowest BCUT2D eigenvalue weighted by Gasteiger charge is -2.21. The fourth-order valence-electron chi connectivity index (χ4n) is 2.96. The van der Waals surface area contributed by atoms with Gasteiger partial charge >= 0.3 is 0 Å². The van der Waals surface area contributed by atoms with E-state index in [0.717, 1.165) is 39.9 Å². The van der Waals surface area contributed by atoms with Gasteiger partial charge in [0.2, 0.25) is 10.0 Å². The van der Waals surface area contributed by atoms with E-state index in [0.29, 0.717) is 5.56 Å². The lowest BCUT2D eigenvalue weighted by Crippen LogP contribution is -2.31. The number of halogens is 2. The number of sulfonamides is 1. The molecule has 1 unspecified atom stereocenters. The van der Waals surface area contributed by atoms with Crippen molar-refractivity contribution in [1.82, 2.24) is 4.31 Å². The number of likely N-dealkylation sites (N-methyl/N-ethyl adjacent to an activating group) is 1. The van der Waals surface area contributed by atoms with Gasteiger partial charge in [-0.25, -0.2) is 17.2 Å². The number of aliphatic hydroxyl groups excluding tert-OH is 1. The molecule has 2 aromatic carbocycles. The van der Waals surface area contributed by atoms with Crippen LogP contribution >= 0.6 is 11.3 Å². The second kappa shape index (κ2) is 10.4. The van der Waals surface area contributed by atoms with E-state index in [1.807, 2.05) is 0 Å². The van der Waals surface area contributed by atoms with E-state index in [4.69, 9.17) is 5.21 Å². The summed E-state index contributed by atoms with van der Waals surface area (Å²) in [5.41, 5.74) is 0.549. The van der Waals surface area contributed by atoms with E-state index in [9.17, 15) is 27.1 Å². The zero-order valence-electron chi connectivity index (χ0n) is 18.1. The molecule has 0 aliphatic heterocycles. The maximum atomic E-state index is 13.3. The Labute approximate surface area is 198 Å². The Hall–Kier alpha value is -3.19. The van der Waals surface area contributed by atoms with Gasteiger partial charge < -0.3 is 15.6 Å². The number of rotatable bonds is 8. The summed E-state index contributed by atoms with van der Waals surface area (Å²) in [5.74, 6) is -1.70. The van der Waals surface area contributed by atoms with Crippen LogP contribution in [0.3, 0.4) is 0 Å². The molecule has 8 nitrogen and oxygen atoms in total. The minimum atomic E-state index is -4.24. The number of amides is 1. The molecule has 1 atom stereocenters. The number of anilines is 1. The minimum Gasteiger partial charge on any atom is -0.411 e. The van der Waals surface area contributed by atoms with Gasteiger partial charge in [-0.3, -0.25) is 4.79 Å². The van der Waals surface area contributed by atoms with Gasteiger partial charge in [0.05, 0.1) is 16.7 Å². The van der Waals surface area contributed by atoms with Crippen LogP contribution in [0.2, 0.25) is 0 Å². The number of nitrogens with one attached hydrogen (secondary N) is 1. The lowest BCUT2D eigenvalue weighted by atomic mass is 10.1. The summed E-state index contributed by atoms with van der Waals surface area (Å²) in [7, 11) is -2.99. The fourth-order valence-corrected chi connectivity index (χ4v) is 5.59. The van der Waals surface area contributed by atoms with E-state index in [2.05, 4.69) is 10.5 Å². The molecule has 3 rings (SSSR count). The summed E-state index contributed by atoms with van der Waals surface area (Å²) < 4.78 is 53.9. The van der Waals surface area contributed by atoms with Crippen LogP contribution in [0.25, 0.3) is 0 Å². The molecule has 3 N–H and O–H groups in total. The Morgan fingerprint density at radius 1 is 1.12 bits per heavy atom. The number of aliphatic hydroxyl groups is 1. The van der Waals surface area contributed by atoms with Gasteiger partial charge in [0, 0.05) is 19.2 Å². The number of benzene rings is 2. The van der Waals surface area contributed by atoms with Crippen molar-refractivity contribution in [1.29, 1.82) is 0 Å². The molecule has 0 spiro atoms. The van der Waals surface area contributed by atoms with Crippen molar-refractivity contribution in [2.24, 2.45) is 5.16 Å². The first-order valence-corrected chi connectivity index (χ1v) is 12.1. The van der Waals surface area contributed by atoms with Crippen LogP contribution in [0.1, 0.15) is 33.8 Å². The standard InChI is InChI=1S/C22H21F2N3O5S2/c1-13(26-30)19-11-20(22(33-19)25-21(29)15-5-9-17(24)10-6-15)34(31,32)27(2)12-18(28)14-3-7-16(23)8-4-14/h3-11,18,28,30H,12H2,1-2H3,(H,25,29)/b26-13-. The smallest absolute Gasteiger partial charge is 0.256 e. The molecule has 1 amide bonds. The van der Waals surface area contributed by atoms with Crippen LogP contribution in [0.4, 0.5) is 13.8 Å². The first-order chi connectivity index (χ1) is 16.0. The molecular formula is C22H21F2N3O5S2. The molecule has 34 heavy (non-hydrogen) atoms. The third kappa shape index (κ3) is 5.65. The van der Waals surface area contributed by atoms with Gasteiger partial charge in [0.15, 0.2) is 0 Å². The highest BCUT2D eigenvalue weighted by Gasteiger charge is 2.30. The number of oxime groups is 1. The quantitative estimate of drug-likeness (QED) is 0.242. The predicted molar refractivity (Wildman–Crippen MR) is 124 cm³/mol. The first kappa shape index (κ1) is 25.4. The molecule has 0 fully saturated rings. The average molecular weight is 510 g/mol. The zero-order chi connectivity index (χ0) is 25.0. The van der Waals surface area contributed by atoms with Gasteiger partial charge in [-0.15, -0.1) is 11.3 Å². The number of carbonyl (C=O) groups excluding carboxylic acids is 1. The molecule has 0 bridgehead atoms. The SMILES string of the molecule is C/C(=N/O)c1cc(S(=O)(=O)N(C)CC(O)c2ccc(F)cc2)c(NC(=O)c2ccc(F)cc2)s1. The average Bonchev–Trinajstić information content (AvgIpc) is 3.23. The molecule has 0 saturated heterocycles. The topological polar surface area (TPSA) is 119 Å².